The summed E-state index contributed by atoms with van der Waals surface area (Å²) in [6.07, 6.45) is 0.355. The molecule has 2 aliphatic rings. The van der Waals surface area contributed by atoms with Crippen LogP contribution in [0.2, 0.25) is 0 Å². The van der Waals surface area contributed by atoms with Crippen LogP contribution >= 0.6 is 0 Å². The first kappa shape index (κ1) is 23.2. The van der Waals surface area contributed by atoms with Gasteiger partial charge in [-0.05, 0) is 37.5 Å². The molecule has 32 heavy (non-hydrogen) atoms. The molecule has 2 atom stereocenters. The minimum Gasteiger partial charge on any atom is -0.475 e. The fourth-order valence-electron chi connectivity index (χ4n) is 3.91. The quantitative estimate of drug-likeness (QED) is 0.757. The lowest BCUT2D eigenvalue weighted by Gasteiger charge is -2.39. The highest BCUT2D eigenvalue weighted by Crippen LogP contribution is 2.33. The molecule has 4 rings (SSSR count). The van der Waals surface area contributed by atoms with Gasteiger partial charge in [0, 0.05) is 38.0 Å². The maximum atomic E-state index is 12.8. The second-order valence-corrected chi connectivity index (χ2v) is 7.46. The van der Waals surface area contributed by atoms with Crippen molar-refractivity contribution in [1.29, 1.82) is 0 Å². The number of hydrogen-bond acceptors (Lipinski definition) is 6. The second kappa shape index (κ2) is 9.37. The van der Waals surface area contributed by atoms with Crippen LogP contribution in [-0.2, 0) is 16.1 Å². The topological polar surface area (TPSA) is 117 Å². The van der Waals surface area contributed by atoms with Crippen molar-refractivity contribution >= 4 is 17.8 Å². The number of likely N-dealkylation sites (tertiary alicyclic amines) is 2. The fourth-order valence-corrected chi connectivity index (χ4v) is 3.91. The number of halogens is 3. The largest absolute Gasteiger partial charge is 0.490 e. The van der Waals surface area contributed by atoms with E-state index in [1.807, 2.05) is 21.9 Å². The van der Waals surface area contributed by atoms with Gasteiger partial charge in [-0.25, -0.2) is 4.79 Å². The lowest BCUT2D eigenvalue weighted by molar-refractivity contribution is -0.192. The molecule has 9 nitrogen and oxygen atoms in total. The number of carbonyl (C=O) groups excluding carboxylic acids is 2. The zero-order valence-electron chi connectivity index (χ0n) is 17.1. The van der Waals surface area contributed by atoms with Crippen LogP contribution in [0, 0.1) is 6.92 Å². The summed E-state index contributed by atoms with van der Waals surface area (Å²) in [5.41, 5.74) is 1.40. The van der Waals surface area contributed by atoms with Crippen LogP contribution in [0.3, 0.4) is 0 Å². The van der Waals surface area contributed by atoms with Gasteiger partial charge in [0.25, 0.3) is 5.91 Å². The van der Waals surface area contributed by atoms with Crippen LogP contribution in [0.4, 0.5) is 13.2 Å². The molecule has 0 unspecified atom stereocenters. The van der Waals surface area contributed by atoms with E-state index in [4.69, 9.17) is 14.4 Å². The number of fused-ring (bicyclic) bond motifs is 1. The zero-order valence-corrected chi connectivity index (χ0v) is 17.1. The van der Waals surface area contributed by atoms with Crippen LogP contribution in [0.25, 0.3) is 0 Å². The Morgan fingerprint density at radius 2 is 1.88 bits per heavy atom. The van der Waals surface area contributed by atoms with Crippen LogP contribution in [-0.4, -0.2) is 67.6 Å². The van der Waals surface area contributed by atoms with Crippen LogP contribution in [0.15, 0.2) is 35.1 Å². The smallest absolute Gasteiger partial charge is 0.475 e. The average molecular weight is 454 g/mol. The van der Waals surface area contributed by atoms with Crippen LogP contribution in [0.5, 0.6) is 0 Å². The SMILES string of the molecule is Cc1cc(C(=O)N2CC[C@H]3[C@@H]2CCC(=O)N3Cc2ccncc2)no1.O=C(O)C(F)(F)F. The fraction of sp³-hybridized carbons (Fsp3) is 0.450. The number of nitrogens with zero attached hydrogens (tertiary/aromatic N) is 4. The third-order valence-corrected chi connectivity index (χ3v) is 5.34. The van der Waals surface area contributed by atoms with Gasteiger partial charge in [-0.15, -0.1) is 0 Å². The normalized spacial score (nSPS) is 20.4. The molecular weight excluding hydrogens is 433 g/mol. The lowest BCUT2D eigenvalue weighted by Crippen LogP contribution is -2.52. The number of carbonyl (C=O) groups is 3. The van der Waals surface area contributed by atoms with Gasteiger partial charge >= 0.3 is 12.1 Å². The third kappa shape index (κ3) is 5.24. The second-order valence-electron chi connectivity index (χ2n) is 7.46. The average Bonchev–Trinajstić information content (AvgIpc) is 3.36. The molecule has 0 spiro atoms. The minimum absolute atomic E-state index is 0.0454. The van der Waals surface area contributed by atoms with E-state index < -0.39 is 12.1 Å². The van der Waals surface area contributed by atoms with Gasteiger partial charge in [-0.3, -0.25) is 14.6 Å². The molecule has 12 heteroatoms. The van der Waals surface area contributed by atoms with Crippen molar-refractivity contribution in [3.05, 3.63) is 47.6 Å². The molecule has 172 valence electrons. The highest BCUT2D eigenvalue weighted by molar-refractivity contribution is 5.93. The molecule has 0 aliphatic carbocycles. The molecule has 0 saturated carbocycles. The first-order valence-corrected chi connectivity index (χ1v) is 9.80. The van der Waals surface area contributed by atoms with Gasteiger partial charge in [-0.1, -0.05) is 5.16 Å². The Morgan fingerprint density at radius 3 is 2.44 bits per heavy atom. The van der Waals surface area contributed by atoms with E-state index in [1.165, 1.54) is 0 Å². The number of pyridine rings is 1. The molecule has 1 N–H and O–H groups in total. The molecular formula is C20H21F3N4O5. The number of aliphatic carboxylic acids is 1. The zero-order chi connectivity index (χ0) is 23.5. The number of rotatable bonds is 3. The van der Waals surface area contributed by atoms with Gasteiger partial charge in [0.15, 0.2) is 5.69 Å². The number of hydrogen-bond donors (Lipinski definition) is 1. The number of aryl methyl sites for hydroxylation is 1. The Hall–Kier alpha value is -3.44. The van der Waals surface area contributed by atoms with Gasteiger partial charge in [0.1, 0.15) is 5.76 Å². The molecule has 4 heterocycles. The van der Waals surface area contributed by atoms with Crippen molar-refractivity contribution in [3.63, 3.8) is 0 Å². The third-order valence-electron chi connectivity index (χ3n) is 5.34. The summed E-state index contributed by atoms with van der Waals surface area (Å²) >= 11 is 0. The van der Waals surface area contributed by atoms with Crippen molar-refractivity contribution in [1.82, 2.24) is 19.9 Å². The number of carboxylic acid groups (broad SMARTS) is 1. The van der Waals surface area contributed by atoms with Crippen LogP contribution < -0.4 is 0 Å². The van der Waals surface area contributed by atoms with Crippen molar-refractivity contribution < 1.29 is 37.2 Å². The van der Waals surface area contributed by atoms with E-state index in [-0.39, 0.29) is 23.9 Å². The first-order valence-electron chi connectivity index (χ1n) is 9.80. The molecule has 0 bridgehead atoms. The molecule has 2 fully saturated rings. The molecule has 2 aromatic heterocycles. The van der Waals surface area contributed by atoms with Gasteiger partial charge in [0.2, 0.25) is 5.91 Å². The summed E-state index contributed by atoms with van der Waals surface area (Å²) in [6, 6.07) is 5.62. The Balaban J connectivity index is 0.000000360. The van der Waals surface area contributed by atoms with E-state index in [0.29, 0.717) is 37.4 Å². The Bertz CT molecular complexity index is 979. The number of carboxylic acids is 1. The highest BCUT2D eigenvalue weighted by atomic mass is 19.4. The predicted octanol–water partition coefficient (Wildman–Crippen LogP) is 2.42. The monoisotopic (exact) mass is 454 g/mol. The Morgan fingerprint density at radius 1 is 1.22 bits per heavy atom. The van der Waals surface area contributed by atoms with Crippen LogP contribution in [0.1, 0.15) is 41.1 Å². The van der Waals surface area contributed by atoms with Crippen molar-refractivity contribution in [2.45, 2.75) is 51.0 Å². The minimum atomic E-state index is -5.08. The molecule has 2 aromatic rings. The maximum absolute atomic E-state index is 12.8. The van der Waals surface area contributed by atoms with Gasteiger partial charge < -0.3 is 19.4 Å². The summed E-state index contributed by atoms with van der Waals surface area (Å²) in [5, 5.41) is 11.0. The van der Waals surface area contributed by atoms with E-state index >= 15 is 0 Å². The van der Waals surface area contributed by atoms with E-state index in [2.05, 4.69) is 10.1 Å². The predicted molar refractivity (Wildman–Crippen MR) is 102 cm³/mol. The summed E-state index contributed by atoms with van der Waals surface area (Å²) < 4.78 is 36.8. The summed E-state index contributed by atoms with van der Waals surface area (Å²) in [7, 11) is 0. The molecule has 0 radical (unpaired) electrons. The summed E-state index contributed by atoms with van der Waals surface area (Å²) in [6.45, 7) is 2.97. The van der Waals surface area contributed by atoms with E-state index in [9.17, 15) is 22.8 Å². The van der Waals surface area contributed by atoms with Crippen molar-refractivity contribution in [2.75, 3.05) is 6.54 Å². The summed E-state index contributed by atoms with van der Waals surface area (Å²) in [4.78, 5) is 41.9. The maximum Gasteiger partial charge on any atom is 0.490 e. The number of aromatic nitrogens is 2. The number of amides is 2. The molecule has 2 aliphatic heterocycles. The van der Waals surface area contributed by atoms with Gasteiger partial charge in [-0.2, -0.15) is 13.2 Å². The van der Waals surface area contributed by atoms with Crippen molar-refractivity contribution in [3.8, 4) is 0 Å². The number of piperidine rings is 1. The van der Waals surface area contributed by atoms with E-state index in [1.54, 1.807) is 25.4 Å². The lowest BCUT2D eigenvalue weighted by atomic mass is 9.95. The standard InChI is InChI=1S/C18H20N4O3.C2HF3O2/c1-12-10-14(20-25-12)18(24)21-9-6-16-15(21)2-3-17(23)22(16)11-13-4-7-19-8-5-13;3-2(4,5)1(6)7/h4-5,7-8,10,15-16H,2-3,6,9,11H2,1H3;(H,6,7)/t15-,16-;/m0./s1. The highest BCUT2D eigenvalue weighted by Gasteiger charge is 2.45. The number of alkyl halides is 3. The molecule has 2 saturated heterocycles. The molecule has 0 aromatic carbocycles. The molecule has 2 amide bonds. The van der Waals surface area contributed by atoms with E-state index in [0.717, 1.165) is 12.0 Å². The Kier molecular flexibility index (Phi) is 6.80. The summed E-state index contributed by atoms with van der Waals surface area (Å²) in [5.74, 6) is -2.09. The first-order chi connectivity index (χ1) is 15.1. The van der Waals surface area contributed by atoms with Crippen molar-refractivity contribution in [2.24, 2.45) is 0 Å². The van der Waals surface area contributed by atoms with Gasteiger partial charge in [0.05, 0.1) is 12.1 Å². The Labute approximate surface area is 180 Å².